The standard InChI is InChI=1S/C21H27N3O3S.H4N2/c1-3-6-18(21(25)26)19(20(22)23)13-15-7-4-5-8-17(15)14-9-11-16(12-10-14)24-28(2)27;1-2/h4-5,7-12,18-19,24H,3,6,13H2,1-2H3,(H3,22,23)(H,25,26);1-2H2/t18-,19-,28?;/m0./s1. The fourth-order valence-electron chi connectivity index (χ4n) is 3.38. The van der Waals surface area contributed by atoms with Crippen molar-refractivity contribution in [3.05, 3.63) is 54.1 Å². The average molecular weight is 434 g/mol. The lowest BCUT2D eigenvalue weighted by Crippen LogP contribution is -2.35. The largest absolute Gasteiger partial charge is 0.481 e. The first-order chi connectivity index (χ1) is 14.3. The quantitative estimate of drug-likeness (QED) is 0.145. The van der Waals surface area contributed by atoms with Crippen molar-refractivity contribution in [3.8, 4) is 11.1 Å². The Hall–Kier alpha value is -2.75. The zero-order chi connectivity index (χ0) is 22.7. The van der Waals surface area contributed by atoms with Gasteiger partial charge in [-0.3, -0.25) is 21.9 Å². The number of carboxylic acid groups (broad SMARTS) is 1. The van der Waals surface area contributed by atoms with Crippen molar-refractivity contribution in [3.63, 3.8) is 0 Å². The third kappa shape index (κ3) is 7.25. The summed E-state index contributed by atoms with van der Waals surface area (Å²) in [5, 5.41) is 17.6. The van der Waals surface area contributed by atoms with Gasteiger partial charge in [0.25, 0.3) is 0 Å². The van der Waals surface area contributed by atoms with Crippen LogP contribution in [0.3, 0.4) is 0 Å². The topological polar surface area (TPSA) is 168 Å². The average Bonchev–Trinajstić information content (AvgIpc) is 2.72. The van der Waals surface area contributed by atoms with E-state index in [1.54, 1.807) is 6.26 Å². The fourth-order valence-corrected chi connectivity index (χ4v) is 3.85. The summed E-state index contributed by atoms with van der Waals surface area (Å²) in [6.45, 7) is 1.93. The molecule has 9 N–H and O–H groups in total. The van der Waals surface area contributed by atoms with Gasteiger partial charge in [-0.2, -0.15) is 0 Å². The summed E-state index contributed by atoms with van der Waals surface area (Å²) in [6.07, 6.45) is 3.16. The Morgan fingerprint density at radius 2 is 1.73 bits per heavy atom. The van der Waals surface area contributed by atoms with Gasteiger partial charge in [-0.15, -0.1) is 0 Å². The van der Waals surface area contributed by atoms with Gasteiger partial charge < -0.3 is 15.6 Å². The molecule has 3 atom stereocenters. The second-order valence-electron chi connectivity index (χ2n) is 6.79. The first-order valence-corrected chi connectivity index (χ1v) is 11.1. The van der Waals surface area contributed by atoms with Gasteiger partial charge in [-0.05, 0) is 41.7 Å². The molecule has 0 aromatic heterocycles. The molecule has 0 fully saturated rings. The highest BCUT2D eigenvalue weighted by Crippen LogP contribution is 2.30. The Morgan fingerprint density at radius 3 is 2.23 bits per heavy atom. The number of hydrazine groups is 1. The molecule has 2 aromatic carbocycles. The van der Waals surface area contributed by atoms with Crippen molar-refractivity contribution >= 4 is 28.5 Å². The lowest BCUT2D eigenvalue weighted by molar-refractivity contribution is -0.143. The van der Waals surface area contributed by atoms with Gasteiger partial charge in [0.1, 0.15) is 11.0 Å². The van der Waals surface area contributed by atoms with Crippen LogP contribution in [0.5, 0.6) is 0 Å². The second kappa shape index (κ2) is 12.7. The molecule has 0 heterocycles. The third-order valence-electron chi connectivity index (χ3n) is 4.72. The molecule has 0 bridgehead atoms. The maximum absolute atomic E-state index is 11.7. The maximum atomic E-state index is 11.7. The summed E-state index contributed by atoms with van der Waals surface area (Å²) >= 11 is 0. The SMILES string of the molecule is CCC[C@H](C(=O)O)[C@H](Cc1ccccc1-c1ccc(NS(C)=O)cc1)C(=N)N.NN. The van der Waals surface area contributed by atoms with E-state index in [0.29, 0.717) is 12.8 Å². The molecule has 9 heteroatoms. The summed E-state index contributed by atoms with van der Waals surface area (Å²) in [5.74, 6) is 5.76. The second-order valence-corrected chi connectivity index (χ2v) is 7.90. The van der Waals surface area contributed by atoms with Gasteiger partial charge in [-0.25, -0.2) is 4.21 Å². The Balaban J connectivity index is 0.00000218. The molecule has 1 unspecified atom stereocenters. The summed E-state index contributed by atoms with van der Waals surface area (Å²) in [4.78, 5) is 11.7. The van der Waals surface area contributed by atoms with Gasteiger partial charge in [0.05, 0.1) is 11.8 Å². The van der Waals surface area contributed by atoms with E-state index < -0.39 is 28.8 Å². The molecule has 0 amide bonds. The molecular formula is C21H31N5O3S. The van der Waals surface area contributed by atoms with Gasteiger partial charge in [0.2, 0.25) is 0 Å². The number of benzene rings is 2. The normalized spacial score (nSPS) is 13.3. The zero-order valence-corrected chi connectivity index (χ0v) is 18.1. The van der Waals surface area contributed by atoms with Crippen molar-refractivity contribution in [1.82, 2.24) is 0 Å². The van der Waals surface area contributed by atoms with Gasteiger partial charge in [-0.1, -0.05) is 49.7 Å². The number of rotatable bonds is 10. The van der Waals surface area contributed by atoms with E-state index >= 15 is 0 Å². The molecule has 2 aromatic rings. The summed E-state index contributed by atoms with van der Waals surface area (Å²) in [6, 6.07) is 15.3. The number of aliphatic carboxylic acids is 1. The van der Waals surface area contributed by atoms with Crippen LogP contribution < -0.4 is 22.1 Å². The van der Waals surface area contributed by atoms with Crippen LogP contribution in [-0.4, -0.2) is 27.4 Å². The van der Waals surface area contributed by atoms with Crippen LogP contribution in [0, 0.1) is 17.2 Å². The van der Waals surface area contributed by atoms with Gasteiger partial charge >= 0.3 is 5.97 Å². The predicted molar refractivity (Wildman–Crippen MR) is 123 cm³/mol. The van der Waals surface area contributed by atoms with Crippen LogP contribution in [0.25, 0.3) is 11.1 Å². The van der Waals surface area contributed by atoms with E-state index in [9.17, 15) is 14.1 Å². The van der Waals surface area contributed by atoms with Crippen molar-refractivity contribution in [2.75, 3.05) is 11.0 Å². The van der Waals surface area contributed by atoms with E-state index in [1.165, 1.54) is 0 Å². The lowest BCUT2D eigenvalue weighted by atomic mass is 9.81. The van der Waals surface area contributed by atoms with Crippen LogP contribution in [-0.2, 0) is 22.2 Å². The molecule has 30 heavy (non-hydrogen) atoms. The van der Waals surface area contributed by atoms with Gasteiger partial charge in [0.15, 0.2) is 0 Å². The third-order valence-corrected chi connectivity index (χ3v) is 5.24. The predicted octanol–water partition coefficient (Wildman–Crippen LogP) is 2.47. The number of carbonyl (C=O) groups is 1. The summed E-state index contributed by atoms with van der Waals surface area (Å²) in [5.41, 5.74) is 9.44. The number of hydrogen-bond donors (Lipinski definition) is 6. The molecule has 2 rings (SSSR count). The minimum absolute atomic E-state index is 0.0966. The van der Waals surface area contributed by atoms with E-state index in [4.69, 9.17) is 11.1 Å². The lowest BCUT2D eigenvalue weighted by Gasteiger charge is -2.24. The smallest absolute Gasteiger partial charge is 0.307 e. The van der Waals surface area contributed by atoms with E-state index in [2.05, 4.69) is 16.4 Å². The number of nitrogens with one attached hydrogen (secondary N) is 2. The molecule has 8 nitrogen and oxygen atoms in total. The Bertz CT molecular complexity index is 858. The van der Waals surface area contributed by atoms with Crippen LogP contribution >= 0.6 is 0 Å². The molecule has 0 aliphatic carbocycles. The highest BCUT2D eigenvalue weighted by atomic mass is 32.2. The number of amidine groups is 1. The number of anilines is 1. The van der Waals surface area contributed by atoms with Crippen molar-refractivity contribution in [2.24, 2.45) is 29.3 Å². The first-order valence-electron chi connectivity index (χ1n) is 9.52. The van der Waals surface area contributed by atoms with Crippen LogP contribution in [0.4, 0.5) is 5.69 Å². The van der Waals surface area contributed by atoms with Crippen LogP contribution in [0.1, 0.15) is 25.3 Å². The number of hydrogen-bond acceptors (Lipinski definition) is 5. The van der Waals surface area contributed by atoms with E-state index in [-0.39, 0.29) is 5.84 Å². The van der Waals surface area contributed by atoms with Crippen LogP contribution in [0.15, 0.2) is 48.5 Å². The zero-order valence-electron chi connectivity index (χ0n) is 17.3. The number of nitrogens with two attached hydrogens (primary N) is 3. The monoisotopic (exact) mass is 433 g/mol. The summed E-state index contributed by atoms with van der Waals surface area (Å²) < 4.78 is 14.1. The molecule has 0 saturated heterocycles. The Kier molecular flexibility index (Phi) is 10.7. The molecule has 0 aliphatic heterocycles. The molecule has 0 aliphatic rings. The highest BCUT2D eigenvalue weighted by Gasteiger charge is 2.30. The molecular weight excluding hydrogens is 402 g/mol. The van der Waals surface area contributed by atoms with E-state index in [0.717, 1.165) is 28.8 Å². The number of carboxylic acids is 1. The minimum Gasteiger partial charge on any atom is -0.481 e. The minimum atomic E-state index is -1.14. The Morgan fingerprint density at radius 1 is 1.13 bits per heavy atom. The van der Waals surface area contributed by atoms with E-state index in [1.807, 2.05) is 55.5 Å². The summed E-state index contributed by atoms with van der Waals surface area (Å²) in [7, 11) is -1.14. The molecule has 0 radical (unpaired) electrons. The molecule has 164 valence electrons. The maximum Gasteiger partial charge on any atom is 0.307 e. The van der Waals surface area contributed by atoms with Crippen molar-refractivity contribution in [2.45, 2.75) is 26.2 Å². The van der Waals surface area contributed by atoms with Crippen molar-refractivity contribution < 1.29 is 14.1 Å². The molecule has 0 saturated carbocycles. The molecule has 0 spiro atoms. The Labute approximate surface area is 179 Å². The van der Waals surface area contributed by atoms with Crippen LogP contribution in [0.2, 0.25) is 0 Å². The highest BCUT2D eigenvalue weighted by molar-refractivity contribution is 7.85. The fraction of sp³-hybridized carbons (Fsp3) is 0.333. The van der Waals surface area contributed by atoms with Gasteiger partial charge in [0, 0.05) is 17.9 Å². The van der Waals surface area contributed by atoms with Crippen molar-refractivity contribution in [1.29, 1.82) is 5.41 Å². The first kappa shape index (κ1) is 25.3.